The number of anilines is 1. The number of benzene rings is 4. The first kappa shape index (κ1) is 26.4. The maximum atomic E-state index is 14.3. The summed E-state index contributed by atoms with van der Waals surface area (Å²) in [6.07, 6.45) is 1.49. The summed E-state index contributed by atoms with van der Waals surface area (Å²) in [6.45, 7) is 0. The minimum absolute atomic E-state index is 0.0700. The Morgan fingerprint density at radius 2 is 1.51 bits per heavy atom. The van der Waals surface area contributed by atoms with Crippen molar-refractivity contribution in [2.75, 3.05) is 4.90 Å². The lowest BCUT2D eigenvalue weighted by Gasteiger charge is -2.52. The molecule has 1 heterocycles. The van der Waals surface area contributed by atoms with Gasteiger partial charge in [-0.15, -0.1) is 0 Å². The summed E-state index contributed by atoms with van der Waals surface area (Å²) in [7, 11) is 0. The minimum atomic E-state index is -1.17. The number of nitrogens with one attached hydrogen (secondary N) is 1. The van der Waals surface area contributed by atoms with Crippen LogP contribution >= 0.6 is 0 Å². The molecule has 1 saturated heterocycles. The second-order valence-corrected chi connectivity index (χ2v) is 10.9. The molecule has 2 unspecified atom stereocenters. The van der Waals surface area contributed by atoms with Crippen LogP contribution in [-0.4, -0.2) is 28.9 Å². The van der Waals surface area contributed by atoms with E-state index in [0.29, 0.717) is 11.3 Å². The van der Waals surface area contributed by atoms with E-state index in [1.54, 1.807) is 6.21 Å². The zero-order chi connectivity index (χ0) is 29.9. The number of rotatable bonds is 6. The molecule has 8 rings (SSSR count). The van der Waals surface area contributed by atoms with Crippen LogP contribution in [0.25, 0.3) is 0 Å². The Labute approximate surface area is 244 Å². The van der Waals surface area contributed by atoms with Gasteiger partial charge in [-0.2, -0.15) is 5.10 Å². The summed E-state index contributed by atoms with van der Waals surface area (Å²) in [5.41, 5.74) is 5.64. The van der Waals surface area contributed by atoms with Gasteiger partial charge in [0.15, 0.2) is 0 Å². The van der Waals surface area contributed by atoms with Gasteiger partial charge >= 0.3 is 0 Å². The molecule has 0 spiro atoms. The van der Waals surface area contributed by atoms with E-state index in [4.69, 9.17) is 0 Å². The normalized spacial score (nSPS) is 23.2. The molecule has 4 aliphatic rings. The number of nitro benzene ring substituents is 1. The molecule has 0 saturated carbocycles. The first-order valence-corrected chi connectivity index (χ1v) is 13.7. The molecule has 212 valence electrons. The van der Waals surface area contributed by atoms with Gasteiger partial charge < -0.3 is 0 Å². The molecular formula is C33H23FN4O5. The Hall–Kier alpha value is -5.51. The van der Waals surface area contributed by atoms with Gasteiger partial charge in [0.1, 0.15) is 5.82 Å². The Balaban J connectivity index is 1.30. The average molecular weight is 575 g/mol. The molecule has 0 aromatic heterocycles. The van der Waals surface area contributed by atoms with Crippen LogP contribution in [0.2, 0.25) is 0 Å². The number of halogens is 1. The van der Waals surface area contributed by atoms with Crippen molar-refractivity contribution in [3.8, 4) is 0 Å². The van der Waals surface area contributed by atoms with E-state index in [-0.39, 0.29) is 23.9 Å². The maximum absolute atomic E-state index is 14.3. The molecule has 4 aromatic rings. The van der Waals surface area contributed by atoms with E-state index >= 15 is 0 Å². The highest BCUT2D eigenvalue weighted by atomic mass is 19.1. The second-order valence-electron chi connectivity index (χ2n) is 10.9. The molecule has 4 aromatic carbocycles. The summed E-state index contributed by atoms with van der Waals surface area (Å²) in [5.74, 6) is -3.67. The van der Waals surface area contributed by atoms with Crippen molar-refractivity contribution in [2.45, 2.75) is 17.8 Å². The van der Waals surface area contributed by atoms with Gasteiger partial charge in [0.2, 0.25) is 17.7 Å². The highest BCUT2D eigenvalue weighted by Crippen LogP contribution is 2.63. The molecule has 1 fully saturated rings. The van der Waals surface area contributed by atoms with Crippen molar-refractivity contribution in [3.63, 3.8) is 0 Å². The number of nitro groups is 1. The standard InChI is InChI=1S/C33H23FN4O5/c34-20-11-15-21(16-12-20)37-31(40)29-28-23-5-1-3-7-25(23)33(30(29)32(37)41,26-8-4-2-6-24(26)28)18-35-36-27(39)17-19-9-13-22(14-10-19)38(42)43/h1-16,18,28-30H,17H2,(H,36,39)/b35-18+. The largest absolute Gasteiger partial charge is 0.274 e. The number of hydrazone groups is 1. The summed E-state index contributed by atoms with van der Waals surface area (Å²) >= 11 is 0. The van der Waals surface area contributed by atoms with Crippen molar-refractivity contribution >= 4 is 35.3 Å². The van der Waals surface area contributed by atoms with Crippen molar-refractivity contribution in [3.05, 3.63) is 141 Å². The zero-order valence-corrected chi connectivity index (χ0v) is 22.5. The monoisotopic (exact) mass is 574 g/mol. The van der Waals surface area contributed by atoms with Gasteiger partial charge in [-0.3, -0.25) is 24.5 Å². The van der Waals surface area contributed by atoms with Crippen LogP contribution in [0.15, 0.2) is 102 Å². The van der Waals surface area contributed by atoms with Crippen molar-refractivity contribution < 1.29 is 23.7 Å². The lowest BCUT2D eigenvalue weighted by molar-refractivity contribution is -0.384. The van der Waals surface area contributed by atoms with Crippen LogP contribution < -0.4 is 10.3 Å². The number of carbonyl (C=O) groups is 3. The molecule has 2 atom stereocenters. The molecule has 10 heteroatoms. The number of amides is 3. The Bertz CT molecular complexity index is 1810. The van der Waals surface area contributed by atoms with Crippen LogP contribution in [-0.2, 0) is 26.2 Å². The highest BCUT2D eigenvalue weighted by molar-refractivity contribution is 6.25. The third-order valence-corrected chi connectivity index (χ3v) is 8.74. The highest BCUT2D eigenvalue weighted by Gasteiger charge is 2.68. The molecule has 0 radical (unpaired) electrons. The van der Waals surface area contributed by atoms with E-state index in [1.165, 1.54) is 48.5 Å². The summed E-state index contributed by atoms with van der Waals surface area (Å²) in [5, 5.41) is 15.3. The fourth-order valence-electron chi connectivity index (χ4n) is 7.06. The molecule has 9 nitrogen and oxygen atoms in total. The molecule has 1 aliphatic heterocycles. The molecule has 3 aliphatic carbocycles. The van der Waals surface area contributed by atoms with E-state index < -0.39 is 39.8 Å². The van der Waals surface area contributed by atoms with Gasteiger partial charge in [0.25, 0.3) is 5.69 Å². The smallest absolute Gasteiger partial charge is 0.269 e. The van der Waals surface area contributed by atoms with Crippen LogP contribution in [0.3, 0.4) is 0 Å². The van der Waals surface area contributed by atoms with E-state index in [1.807, 2.05) is 48.5 Å². The molecule has 2 bridgehead atoms. The van der Waals surface area contributed by atoms with E-state index in [9.17, 15) is 28.9 Å². The summed E-state index contributed by atoms with van der Waals surface area (Å²) in [4.78, 5) is 52.8. The van der Waals surface area contributed by atoms with Gasteiger partial charge in [0, 0.05) is 24.3 Å². The first-order chi connectivity index (χ1) is 20.8. The molecule has 1 N–H and O–H groups in total. The second kappa shape index (κ2) is 9.80. The number of imide groups is 1. The van der Waals surface area contributed by atoms with Crippen molar-refractivity contribution in [1.82, 2.24) is 5.43 Å². The third-order valence-electron chi connectivity index (χ3n) is 8.74. The fraction of sp³-hybridized carbons (Fsp3) is 0.152. The quantitative estimate of drug-likeness (QED) is 0.156. The van der Waals surface area contributed by atoms with E-state index in [2.05, 4.69) is 10.5 Å². The topological polar surface area (TPSA) is 122 Å². The van der Waals surface area contributed by atoms with Gasteiger partial charge in [-0.25, -0.2) is 14.7 Å². The van der Waals surface area contributed by atoms with E-state index in [0.717, 1.165) is 27.2 Å². The van der Waals surface area contributed by atoms with Crippen molar-refractivity contribution in [2.24, 2.45) is 16.9 Å². The number of hydrogen-bond donors (Lipinski definition) is 1. The Morgan fingerprint density at radius 3 is 2.12 bits per heavy atom. The number of non-ortho nitro benzene ring substituents is 1. The minimum Gasteiger partial charge on any atom is -0.274 e. The maximum Gasteiger partial charge on any atom is 0.269 e. The summed E-state index contributed by atoms with van der Waals surface area (Å²) in [6, 6.07) is 26.3. The molecule has 43 heavy (non-hydrogen) atoms. The van der Waals surface area contributed by atoms with Crippen LogP contribution in [0, 0.1) is 27.8 Å². The lowest BCUT2D eigenvalue weighted by Crippen LogP contribution is -2.54. The van der Waals surface area contributed by atoms with Crippen LogP contribution in [0.4, 0.5) is 15.8 Å². The van der Waals surface area contributed by atoms with Gasteiger partial charge in [0.05, 0.1) is 34.3 Å². The first-order valence-electron chi connectivity index (χ1n) is 13.7. The average Bonchev–Trinajstić information content (AvgIpc) is 3.28. The van der Waals surface area contributed by atoms with Crippen LogP contribution in [0.1, 0.15) is 33.7 Å². The van der Waals surface area contributed by atoms with Crippen LogP contribution in [0.5, 0.6) is 0 Å². The number of hydrogen-bond acceptors (Lipinski definition) is 6. The SMILES string of the molecule is O=C(Cc1ccc([N+](=O)[O-])cc1)N/N=C/C12c3ccccc3C(c3ccccc31)C1C(=O)N(c3ccc(F)cc3)C(=O)C12. The fourth-order valence-corrected chi connectivity index (χ4v) is 7.06. The van der Waals surface area contributed by atoms with Gasteiger partial charge in [-0.1, -0.05) is 60.7 Å². The van der Waals surface area contributed by atoms with Gasteiger partial charge in [-0.05, 0) is 52.1 Å². The van der Waals surface area contributed by atoms with Crippen molar-refractivity contribution in [1.29, 1.82) is 0 Å². The predicted molar refractivity (Wildman–Crippen MR) is 155 cm³/mol. The zero-order valence-electron chi connectivity index (χ0n) is 22.5. The predicted octanol–water partition coefficient (Wildman–Crippen LogP) is 4.63. The summed E-state index contributed by atoms with van der Waals surface area (Å²) < 4.78 is 13.7. The Kier molecular flexibility index (Phi) is 6.01. The Morgan fingerprint density at radius 1 is 0.907 bits per heavy atom. The molecular weight excluding hydrogens is 551 g/mol. The molecule has 3 amide bonds. The number of nitrogens with zero attached hydrogens (tertiary/aromatic N) is 3. The third kappa shape index (κ3) is 3.90. The number of carbonyl (C=O) groups excluding carboxylic acids is 3. The lowest BCUT2D eigenvalue weighted by atomic mass is 9.47.